The van der Waals surface area contributed by atoms with Gasteiger partial charge in [0, 0.05) is 2.85 Å². The van der Waals surface area contributed by atoms with Gasteiger partial charge in [0.25, 0.3) is 0 Å². The molecule has 0 saturated heterocycles. The van der Waals surface area contributed by atoms with Crippen molar-refractivity contribution in [1.82, 2.24) is 0 Å². The predicted molar refractivity (Wildman–Crippen MR) is 27.0 cm³/mol. The summed E-state index contributed by atoms with van der Waals surface area (Å²) in [6.45, 7) is 0. The van der Waals surface area contributed by atoms with Crippen molar-refractivity contribution in [3.63, 3.8) is 0 Å². The van der Waals surface area contributed by atoms with Crippen LogP contribution in [0, 0.1) is 0 Å². The number of phosphoric acid groups is 1. The minimum Gasteiger partial charge on any atom is 0 e. The summed E-state index contributed by atoms with van der Waals surface area (Å²) < 4.78 is 8.88. The molecule has 6 heavy (non-hydrogen) atoms. The van der Waals surface area contributed by atoms with Gasteiger partial charge in [-0.3, -0.25) is 0 Å². The Labute approximate surface area is 67.4 Å². The van der Waals surface area contributed by atoms with Gasteiger partial charge in [-0.1, -0.05) is 0 Å². The maximum atomic E-state index is 8.88. The van der Waals surface area contributed by atoms with E-state index >= 15 is 0 Å². The maximum Gasteiger partial charge on any atom is 0 e. The molecule has 0 spiro atoms. The van der Waals surface area contributed by atoms with Crippen molar-refractivity contribution in [3.05, 3.63) is 0 Å². The molecule has 0 saturated carbocycles. The van der Waals surface area contributed by atoms with E-state index in [9.17, 15) is 0 Å². The maximum absolute atomic E-state index is 8.88. The van der Waals surface area contributed by atoms with Crippen LogP contribution in [0.25, 0.3) is 0 Å². The molecule has 0 aliphatic rings. The van der Waals surface area contributed by atoms with Gasteiger partial charge in [-0.15, -0.1) is 0 Å². The molecule has 0 unspecified atom stereocenters. The molecule has 0 aromatic heterocycles. The van der Waals surface area contributed by atoms with E-state index in [-0.39, 0.29) is 40.6 Å². The third-order valence-corrected chi connectivity index (χ3v) is 0. The summed E-state index contributed by atoms with van der Waals surface area (Å²) in [5.41, 5.74) is 0. The second kappa shape index (κ2) is 3.38. The summed E-state index contributed by atoms with van der Waals surface area (Å²) in [5.74, 6) is 0. The van der Waals surface area contributed by atoms with E-state index in [0.717, 1.165) is 0 Å². The smallest absolute Gasteiger partial charge is 0 e. The van der Waals surface area contributed by atoms with Gasteiger partial charge in [0.05, 0.1) is 0 Å². The van der Waals surface area contributed by atoms with E-state index in [2.05, 4.69) is 0 Å². The fourth-order valence-corrected chi connectivity index (χ4v) is 0. The average molecular weight is 144 g/mol. The van der Waals surface area contributed by atoms with Crippen LogP contribution in [-0.2, 0) is 4.57 Å². The third kappa shape index (κ3) is 54.6. The topological polar surface area (TPSA) is 77.8 Å². The van der Waals surface area contributed by atoms with Crippen LogP contribution in [0.2, 0.25) is 0 Å². The standard InChI is InChI=1S/Ca.H3O4P.2H2.2H/c;1-5(2,3)4;;;;/h;(H3,1,2,3,4);2*1H;;. The predicted octanol–water partition coefficient (Wildman–Crippen LogP) is -1.35. The normalized spacial score (nSPS) is 9.83. The molecule has 40 valence electrons. The van der Waals surface area contributed by atoms with Crippen LogP contribution >= 0.6 is 7.82 Å². The van der Waals surface area contributed by atoms with Gasteiger partial charge in [-0.2, -0.15) is 0 Å². The molecule has 3 N–H and O–H groups in total. The molecular weight excluding hydrogens is 135 g/mol. The van der Waals surface area contributed by atoms with Gasteiger partial charge in [0.15, 0.2) is 0 Å². The minimum absolute atomic E-state index is 0. The zero-order valence-corrected chi connectivity index (χ0v) is 3.09. The van der Waals surface area contributed by atoms with Crippen LogP contribution in [0.1, 0.15) is 2.85 Å². The monoisotopic (exact) mass is 144 g/mol. The van der Waals surface area contributed by atoms with Crippen molar-refractivity contribution in [3.8, 4) is 0 Å². The fraction of sp³-hybridized carbons (Fsp3) is 0. The van der Waals surface area contributed by atoms with E-state index in [1.165, 1.54) is 0 Å². The van der Waals surface area contributed by atoms with E-state index in [1.807, 2.05) is 0 Å². The van der Waals surface area contributed by atoms with Gasteiger partial charge in [-0.25, -0.2) is 4.57 Å². The van der Waals surface area contributed by atoms with Gasteiger partial charge < -0.3 is 14.7 Å². The Hall–Kier alpha value is 1.37. The van der Waals surface area contributed by atoms with Crippen molar-refractivity contribution < 1.29 is 22.1 Å². The van der Waals surface area contributed by atoms with Crippen LogP contribution in [-0.4, -0.2) is 52.4 Å². The first-order valence-corrected chi connectivity index (χ1v) is 2.35. The van der Waals surface area contributed by atoms with Crippen molar-refractivity contribution in [2.24, 2.45) is 0 Å². The summed E-state index contributed by atoms with van der Waals surface area (Å²) in [6.07, 6.45) is 0. The molecule has 0 aromatic rings. The van der Waals surface area contributed by atoms with Crippen molar-refractivity contribution in [2.45, 2.75) is 0 Å². The van der Waals surface area contributed by atoms with Crippen LogP contribution in [0.3, 0.4) is 0 Å². The molecule has 0 aliphatic carbocycles. The first kappa shape index (κ1) is 10.4. The molecule has 0 amide bonds. The molecule has 0 atom stereocenters. The molecule has 0 aliphatic heterocycles. The molecule has 4 nitrogen and oxygen atoms in total. The Morgan fingerprint density at radius 3 is 1.33 bits per heavy atom. The average Bonchev–Trinajstić information content (AvgIpc) is 0.722. The Balaban J connectivity index is -0.0000000267. The largest absolute Gasteiger partial charge is 0 e. The van der Waals surface area contributed by atoms with Crippen LogP contribution in [0.5, 0.6) is 0 Å². The zero-order chi connectivity index (χ0) is 4.50. The summed E-state index contributed by atoms with van der Waals surface area (Å²) in [5, 5.41) is 0. The minimum atomic E-state index is -4.64. The third-order valence-electron chi connectivity index (χ3n) is 0. The molecule has 0 bridgehead atoms. The first-order chi connectivity index (χ1) is 2.00. The fourth-order valence-electron chi connectivity index (χ4n) is 0. The Morgan fingerprint density at radius 2 is 1.33 bits per heavy atom. The number of rotatable bonds is 0. The Morgan fingerprint density at radius 1 is 1.33 bits per heavy atom. The summed E-state index contributed by atoms with van der Waals surface area (Å²) in [4.78, 5) is 21.6. The van der Waals surface area contributed by atoms with Gasteiger partial charge in [0.2, 0.25) is 0 Å². The van der Waals surface area contributed by atoms with Crippen molar-refractivity contribution >= 4 is 45.6 Å². The summed E-state index contributed by atoms with van der Waals surface area (Å²) in [7, 11) is -4.64. The molecule has 0 heterocycles. The van der Waals surface area contributed by atoms with Gasteiger partial charge in [0.1, 0.15) is 0 Å². The van der Waals surface area contributed by atoms with Crippen LogP contribution in [0.15, 0.2) is 0 Å². The van der Waals surface area contributed by atoms with Crippen molar-refractivity contribution in [2.75, 3.05) is 0 Å². The Bertz CT molecular complexity index is 60.2. The number of hydrogen-bond donors (Lipinski definition) is 3. The molecule has 0 rings (SSSR count). The molecule has 6 heteroatoms. The van der Waals surface area contributed by atoms with Crippen LogP contribution in [0.4, 0.5) is 0 Å². The van der Waals surface area contributed by atoms with Gasteiger partial charge in [-0.05, 0) is 0 Å². The van der Waals surface area contributed by atoms with E-state index in [0.29, 0.717) is 0 Å². The molecule has 0 radical (unpaired) electrons. The second-order valence-electron chi connectivity index (χ2n) is 0.513. The number of hydrogen-bond acceptors (Lipinski definition) is 1. The molecule has 0 fully saturated rings. The van der Waals surface area contributed by atoms with E-state index < -0.39 is 7.82 Å². The van der Waals surface area contributed by atoms with Crippen molar-refractivity contribution in [1.29, 1.82) is 0 Å². The first-order valence-electron chi connectivity index (χ1n) is 0.783. The summed E-state index contributed by atoms with van der Waals surface area (Å²) >= 11 is 0. The van der Waals surface area contributed by atoms with E-state index in [1.54, 1.807) is 0 Å². The quantitative estimate of drug-likeness (QED) is 0.290. The zero-order valence-electron chi connectivity index (χ0n) is 2.20. The molecular formula is H9CaO4P. The summed E-state index contributed by atoms with van der Waals surface area (Å²) in [6, 6.07) is 0. The Kier molecular flexibility index (Phi) is 5.84. The van der Waals surface area contributed by atoms with Crippen LogP contribution < -0.4 is 0 Å². The van der Waals surface area contributed by atoms with E-state index in [4.69, 9.17) is 19.2 Å². The van der Waals surface area contributed by atoms with Gasteiger partial charge >= 0.3 is 45.6 Å². The molecule has 0 aromatic carbocycles. The SMILES string of the molecule is O=P(O)(O)O.[CaH2].[HH].[HH]. The second-order valence-corrected chi connectivity index (χ2v) is 1.54.